The van der Waals surface area contributed by atoms with E-state index in [1.165, 1.54) is 0 Å². The average molecular weight is 174 g/mol. The summed E-state index contributed by atoms with van der Waals surface area (Å²) >= 11 is 0. The molecule has 2 atom stereocenters. The first kappa shape index (κ1) is 11.9. The van der Waals surface area contributed by atoms with E-state index < -0.39 is 0 Å². The van der Waals surface area contributed by atoms with Gasteiger partial charge in [0.1, 0.15) is 0 Å². The molecule has 0 bridgehead atoms. The van der Waals surface area contributed by atoms with Crippen molar-refractivity contribution in [2.45, 2.75) is 13.0 Å². The van der Waals surface area contributed by atoms with Crippen molar-refractivity contribution in [3.8, 4) is 0 Å². The van der Waals surface area contributed by atoms with Crippen LogP contribution in [0.4, 0.5) is 0 Å². The van der Waals surface area contributed by atoms with Crippen LogP contribution in [0.25, 0.3) is 0 Å². The van der Waals surface area contributed by atoms with E-state index in [9.17, 15) is 0 Å². The highest BCUT2D eigenvalue weighted by atomic mass is 16.3. The van der Waals surface area contributed by atoms with Gasteiger partial charge in [-0.05, 0) is 34.1 Å². The van der Waals surface area contributed by atoms with Crippen LogP contribution in [0, 0.1) is 5.92 Å². The smallest absolute Gasteiger partial charge is 0.0589 e. The summed E-state index contributed by atoms with van der Waals surface area (Å²) < 4.78 is 0. The minimum absolute atomic E-state index is 0.238. The number of hydrogen-bond acceptors (Lipinski definition) is 3. The molecule has 0 amide bonds. The van der Waals surface area contributed by atoms with Crippen LogP contribution in [0.15, 0.2) is 0 Å². The Balaban J connectivity index is 3.94. The molecule has 12 heavy (non-hydrogen) atoms. The lowest BCUT2D eigenvalue weighted by Crippen LogP contribution is -2.41. The number of aliphatic hydroxyl groups is 1. The fraction of sp³-hybridized carbons (Fsp3) is 1.00. The first-order valence-electron chi connectivity index (χ1n) is 4.41. The van der Waals surface area contributed by atoms with Gasteiger partial charge in [-0.1, -0.05) is 6.92 Å². The predicted molar refractivity (Wildman–Crippen MR) is 52.3 cm³/mol. The van der Waals surface area contributed by atoms with Crippen molar-refractivity contribution in [1.29, 1.82) is 0 Å². The third kappa shape index (κ3) is 4.04. The van der Waals surface area contributed by atoms with Crippen molar-refractivity contribution in [1.82, 2.24) is 9.80 Å². The molecule has 1 N–H and O–H groups in total. The van der Waals surface area contributed by atoms with Crippen LogP contribution in [-0.2, 0) is 0 Å². The maximum atomic E-state index is 9.12. The van der Waals surface area contributed by atoms with E-state index in [0.29, 0.717) is 5.92 Å². The normalized spacial score (nSPS) is 17.0. The molecule has 0 aromatic heterocycles. The van der Waals surface area contributed by atoms with Crippen molar-refractivity contribution in [3.05, 3.63) is 0 Å². The van der Waals surface area contributed by atoms with E-state index in [1.807, 2.05) is 14.1 Å². The molecule has 3 nitrogen and oxygen atoms in total. The zero-order valence-electron chi connectivity index (χ0n) is 8.91. The summed E-state index contributed by atoms with van der Waals surface area (Å²) in [7, 11) is 8.13. The molecule has 3 heteroatoms. The molecule has 0 aromatic carbocycles. The Bertz CT molecular complexity index is 115. The van der Waals surface area contributed by atoms with E-state index in [2.05, 4.69) is 30.8 Å². The molecule has 2 unspecified atom stereocenters. The van der Waals surface area contributed by atoms with Gasteiger partial charge >= 0.3 is 0 Å². The Labute approximate surface area is 76.0 Å². The predicted octanol–water partition coefficient (Wildman–Crippen LogP) is 0.107. The van der Waals surface area contributed by atoms with Crippen molar-refractivity contribution in [2.75, 3.05) is 41.3 Å². The lowest BCUT2D eigenvalue weighted by Gasteiger charge is -2.30. The van der Waals surface area contributed by atoms with Crippen LogP contribution in [0.3, 0.4) is 0 Å². The van der Waals surface area contributed by atoms with Gasteiger partial charge < -0.3 is 14.9 Å². The molecule has 0 aliphatic heterocycles. The number of aliphatic hydroxyl groups excluding tert-OH is 1. The van der Waals surface area contributed by atoms with Gasteiger partial charge in [-0.25, -0.2) is 0 Å². The Morgan fingerprint density at radius 2 is 1.67 bits per heavy atom. The molecular weight excluding hydrogens is 152 g/mol. The fourth-order valence-electron chi connectivity index (χ4n) is 1.55. The highest BCUT2D eigenvalue weighted by Crippen LogP contribution is 2.08. The Morgan fingerprint density at radius 1 is 1.17 bits per heavy atom. The lowest BCUT2D eigenvalue weighted by atomic mass is 10.0. The molecule has 0 saturated carbocycles. The van der Waals surface area contributed by atoms with Crippen molar-refractivity contribution in [2.24, 2.45) is 5.92 Å². The molecule has 0 spiro atoms. The second kappa shape index (κ2) is 5.51. The van der Waals surface area contributed by atoms with Crippen molar-refractivity contribution < 1.29 is 5.11 Å². The molecule has 0 aliphatic carbocycles. The highest BCUT2D eigenvalue weighted by Gasteiger charge is 2.18. The minimum Gasteiger partial charge on any atom is -0.395 e. The van der Waals surface area contributed by atoms with Gasteiger partial charge in [0.25, 0.3) is 0 Å². The van der Waals surface area contributed by atoms with E-state index in [-0.39, 0.29) is 12.6 Å². The van der Waals surface area contributed by atoms with Crippen LogP contribution < -0.4 is 0 Å². The van der Waals surface area contributed by atoms with E-state index in [4.69, 9.17) is 5.11 Å². The summed E-state index contributed by atoms with van der Waals surface area (Å²) in [5, 5.41) is 9.12. The van der Waals surface area contributed by atoms with Crippen LogP contribution in [0.2, 0.25) is 0 Å². The maximum absolute atomic E-state index is 9.12. The summed E-state index contributed by atoms with van der Waals surface area (Å²) in [5.74, 6) is 0.500. The molecule has 0 rings (SSSR count). The van der Waals surface area contributed by atoms with Crippen LogP contribution in [0.1, 0.15) is 6.92 Å². The first-order valence-corrected chi connectivity index (χ1v) is 4.41. The Kier molecular flexibility index (Phi) is 5.46. The third-order valence-corrected chi connectivity index (χ3v) is 2.16. The van der Waals surface area contributed by atoms with Gasteiger partial charge in [0.05, 0.1) is 6.61 Å². The summed E-state index contributed by atoms with van der Waals surface area (Å²) in [6.45, 7) is 3.42. The lowest BCUT2D eigenvalue weighted by molar-refractivity contribution is 0.113. The SMILES string of the molecule is CC(CN(C)C)C(CO)N(C)C. The van der Waals surface area contributed by atoms with Crippen molar-refractivity contribution in [3.63, 3.8) is 0 Å². The van der Waals surface area contributed by atoms with Gasteiger partial charge in [-0.2, -0.15) is 0 Å². The highest BCUT2D eigenvalue weighted by molar-refractivity contribution is 4.73. The molecule has 0 fully saturated rings. The Hall–Kier alpha value is -0.120. The summed E-state index contributed by atoms with van der Waals surface area (Å²) in [6, 6.07) is 0.271. The number of nitrogens with zero attached hydrogens (tertiary/aromatic N) is 2. The number of likely N-dealkylation sites (N-methyl/N-ethyl adjacent to an activating group) is 1. The summed E-state index contributed by atoms with van der Waals surface area (Å²) in [4.78, 5) is 4.23. The van der Waals surface area contributed by atoms with Crippen molar-refractivity contribution >= 4 is 0 Å². The van der Waals surface area contributed by atoms with Gasteiger partial charge in [-0.15, -0.1) is 0 Å². The third-order valence-electron chi connectivity index (χ3n) is 2.16. The molecule has 0 aromatic rings. The van der Waals surface area contributed by atoms with E-state index >= 15 is 0 Å². The van der Waals surface area contributed by atoms with Crippen LogP contribution >= 0.6 is 0 Å². The molecular formula is C9H22N2O. The van der Waals surface area contributed by atoms with Crippen LogP contribution in [-0.4, -0.2) is 62.3 Å². The largest absolute Gasteiger partial charge is 0.395 e. The average Bonchev–Trinajstić information content (AvgIpc) is 1.85. The van der Waals surface area contributed by atoms with E-state index in [1.54, 1.807) is 0 Å². The second-order valence-corrected chi connectivity index (χ2v) is 3.95. The quantitative estimate of drug-likeness (QED) is 0.641. The van der Waals surface area contributed by atoms with Gasteiger partial charge in [-0.3, -0.25) is 0 Å². The van der Waals surface area contributed by atoms with Gasteiger partial charge in [0.15, 0.2) is 0 Å². The molecule has 0 aliphatic rings. The first-order chi connectivity index (χ1) is 5.49. The molecule has 0 radical (unpaired) electrons. The topological polar surface area (TPSA) is 26.7 Å². The molecule has 0 heterocycles. The Morgan fingerprint density at radius 3 is 1.92 bits per heavy atom. The maximum Gasteiger partial charge on any atom is 0.0589 e. The van der Waals surface area contributed by atoms with Crippen LogP contribution in [0.5, 0.6) is 0 Å². The standard InChI is InChI=1S/C9H22N2O/c1-8(6-10(2)3)9(7-12)11(4)5/h8-9,12H,6-7H2,1-5H3. The zero-order chi connectivity index (χ0) is 9.72. The van der Waals surface area contributed by atoms with Gasteiger partial charge in [0.2, 0.25) is 0 Å². The van der Waals surface area contributed by atoms with Gasteiger partial charge in [0, 0.05) is 12.6 Å². The molecule has 0 saturated heterocycles. The summed E-state index contributed by atoms with van der Waals surface area (Å²) in [6.07, 6.45) is 0. The van der Waals surface area contributed by atoms with E-state index in [0.717, 1.165) is 6.54 Å². The number of rotatable bonds is 5. The second-order valence-electron chi connectivity index (χ2n) is 3.95. The monoisotopic (exact) mass is 174 g/mol. The summed E-state index contributed by atoms with van der Waals surface area (Å²) in [5.41, 5.74) is 0. The molecule has 74 valence electrons. The minimum atomic E-state index is 0.238. The number of hydrogen-bond donors (Lipinski definition) is 1. The fourth-order valence-corrected chi connectivity index (χ4v) is 1.55. The zero-order valence-corrected chi connectivity index (χ0v) is 8.91.